The van der Waals surface area contributed by atoms with E-state index in [0.29, 0.717) is 0 Å². The van der Waals surface area contributed by atoms with E-state index in [0.717, 1.165) is 77.0 Å². The van der Waals surface area contributed by atoms with E-state index >= 15 is 0 Å². The van der Waals surface area contributed by atoms with Gasteiger partial charge in [-0.3, -0.25) is 9.69 Å². The Balaban J connectivity index is 1.65. The molecular weight excluding hydrogens is 406 g/mol. The van der Waals surface area contributed by atoms with Crippen molar-refractivity contribution >= 4 is 28.4 Å². The van der Waals surface area contributed by atoms with Crippen molar-refractivity contribution in [1.82, 2.24) is 14.9 Å². The summed E-state index contributed by atoms with van der Waals surface area (Å²) in [5, 5.41) is 2.07. The molecule has 1 saturated heterocycles. The van der Waals surface area contributed by atoms with Crippen molar-refractivity contribution in [1.29, 1.82) is 0 Å². The molecule has 3 aromatic rings. The Labute approximate surface area is 188 Å². The number of aryl methyl sites for hydroxylation is 2. The normalized spacial score (nSPS) is 14.8. The molecule has 0 saturated carbocycles. The van der Waals surface area contributed by atoms with Crippen LogP contribution < -0.4 is 0 Å². The average Bonchev–Trinajstić information content (AvgIpc) is 2.73. The van der Waals surface area contributed by atoms with Crippen molar-refractivity contribution in [2.45, 2.75) is 45.0 Å². The highest BCUT2D eigenvalue weighted by Crippen LogP contribution is 2.32. The molecule has 1 aliphatic rings. The minimum absolute atomic E-state index is 0.126. The van der Waals surface area contributed by atoms with Gasteiger partial charge < -0.3 is 4.74 Å². The number of nitrogens with zero attached hydrogens (tertiary/aromatic N) is 3. The lowest BCUT2D eigenvalue weighted by molar-refractivity contribution is 0.0330. The third-order valence-electron chi connectivity index (χ3n) is 5.92. The van der Waals surface area contributed by atoms with Crippen LogP contribution in [0, 0.1) is 20.8 Å². The number of fused-ring (bicyclic) bond motifs is 1. The number of thioether (sulfide) groups is 1. The molecule has 0 atom stereocenters. The van der Waals surface area contributed by atoms with E-state index in [1.54, 1.807) is 18.7 Å². The smallest absolute Gasteiger partial charge is 0.160 e. The Morgan fingerprint density at radius 2 is 1.84 bits per heavy atom. The van der Waals surface area contributed by atoms with E-state index < -0.39 is 0 Å². The molecule has 31 heavy (non-hydrogen) atoms. The third-order valence-corrected chi connectivity index (χ3v) is 6.94. The Morgan fingerprint density at radius 1 is 1.10 bits per heavy atom. The molecule has 0 radical (unpaired) electrons. The predicted octanol–water partition coefficient (Wildman–Crippen LogP) is 4.88. The minimum Gasteiger partial charge on any atom is -0.379 e. The van der Waals surface area contributed by atoms with Crippen molar-refractivity contribution in [2.75, 3.05) is 26.3 Å². The Morgan fingerprint density at radius 3 is 2.58 bits per heavy atom. The van der Waals surface area contributed by atoms with Crippen molar-refractivity contribution in [3.63, 3.8) is 0 Å². The second kappa shape index (κ2) is 9.47. The molecule has 1 aliphatic heterocycles. The summed E-state index contributed by atoms with van der Waals surface area (Å²) >= 11 is 1.73. The Kier molecular flexibility index (Phi) is 6.70. The largest absolute Gasteiger partial charge is 0.379 e. The average molecular weight is 436 g/mol. The number of hydrogen-bond acceptors (Lipinski definition) is 6. The van der Waals surface area contributed by atoms with Gasteiger partial charge in [-0.05, 0) is 56.0 Å². The molecule has 1 aromatic heterocycles. The molecule has 2 aromatic carbocycles. The van der Waals surface area contributed by atoms with Gasteiger partial charge in [0.2, 0.25) is 0 Å². The van der Waals surface area contributed by atoms with E-state index in [2.05, 4.69) is 36.9 Å². The van der Waals surface area contributed by atoms with Gasteiger partial charge in [0.05, 0.1) is 25.3 Å². The van der Waals surface area contributed by atoms with Crippen LogP contribution in [0.2, 0.25) is 0 Å². The first-order valence-corrected chi connectivity index (χ1v) is 11.7. The molecular formula is C25H29N3O2S. The minimum atomic E-state index is 0.126. The maximum Gasteiger partial charge on any atom is 0.160 e. The number of Topliss-reactive ketones (excluding diaryl/α,β-unsaturated/α-hetero) is 1. The summed E-state index contributed by atoms with van der Waals surface area (Å²) in [7, 11) is 0. The van der Waals surface area contributed by atoms with Gasteiger partial charge in [-0.2, -0.15) is 0 Å². The zero-order valence-electron chi connectivity index (χ0n) is 18.7. The molecule has 4 rings (SSSR count). The molecule has 6 heteroatoms. The first-order chi connectivity index (χ1) is 14.9. The number of hydrogen-bond donors (Lipinski definition) is 0. The van der Waals surface area contributed by atoms with E-state index in [9.17, 15) is 4.79 Å². The van der Waals surface area contributed by atoms with Gasteiger partial charge in [-0.25, -0.2) is 9.97 Å². The summed E-state index contributed by atoms with van der Waals surface area (Å²) in [4.78, 5) is 24.3. The second-order valence-corrected chi connectivity index (χ2v) is 9.15. The van der Waals surface area contributed by atoms with Gasteiger partial charge in [0.1, 0.15) is 10.9 Å². The molecule has 0 N–H and O–H groups in total. The van der Waals surface area contributed by atoms with E-state index in [-0.39, 0.29) is 5.78 Å². The van der Waals surface area contributed by atoms with Gasteiger partial charge in [-0.15, -0.1) is 11.8 Å². The fourth-order valence-corrected chi connectivity index (χ4v) is 5.59. The zero-order chi connectivity index (χ0) is 22.0. The van der Waals surface area contributed by atoms with Crippen LogP contribution in [0.5, 0.6) is 0 Å². The maximum absolute atomic E-state index is 12.2. The first-order valence-electron chi connectivity index (χ1n) is 10.7. The SMILES string of the molecule is CC(=O)c1c(C)cc(C)c(CSc2nc(CN3CCOCC3)nc3ccccc23)c1C. The predicted molar refractivity (Wildman–Crippen MR) is 126 cm³/mol. The Bertz CT molecular complexity index is 1120. The van der Waals surface area contributed by atoms with Crippen molar-refractivity contribution < 1.29 is 9.53 Å². The zero-order valence-corrected chi connectivity index (χ0v) is 19.5. The fourth-order valence-electron chi connectivity index (χ4n) is 4.36. The van der Waals surface area contributed by atoms with E-state index in [1.807, 2.05) is 19.1 Å². The lowest BCUT2D eigenvalue weighted by atomic mass is 9.92. The highest BCUT2D eigenvalue weighted by atomic mass is 32.2. The van der Waals surface area contributed by atoms with Gasteiger partial charge in [0, 0.05) is 29.8 Å². The quantitative estimate of drug-likeness (QED) is 0.312. The number of carbonyl (C=O) groups excluding carboxylic acids is 1. The van der Waals surface area contributed by atoms with Crippen LogP contribution in [0.3, 0.4) is 0 Å². The van der Waals surface area contributed by atoms with E-state index in [4.69, 9.17) is 14.7 Å². The number of benzene rings is 2. The van der Waals surface area contributed by atoms with Crippen molar-refractivity contribution in [2.24, 2.45) is 0 Å². The lowest BCUT2D eigenvalue weighted by Crippen LogP contribution is -2.36. The summed E-state index contributed by atoms with van der Waals surface area (Å²) in [6.45, 7) is 11.9. The summed E-state index contributed by atoms with van der Waals surface area (Å²) < 4.78 is 5.47. The Hall–Kier alpha value is -2.28. The van der Waals surface area contributed by atoms with Crippen molar-refractivity contribution in [3.05, 3.63) is 64.0 Å². The molecule has 1 fully saturated rings. The number of morpholine rings is 1. The topological polar surface area (TPSA) is 55.3 Å². The van der Waals surface area contributed by atoms with Crippen LogP contribution in [-0.4, -0.2) is 47.0 Å². The molecule has 162 valence electrons. The standard InChI is InChI=1S/C25H29N3O2S/c1-16-13-17(2)24(19(4)29)18(3)21(16)15-31-25-20-7-5-6-8-22(20)26-23(27-25)14-28-9-11-30-12-10-28/h5-8,13H,9-12,14-15H2,1-4H3. The molecule has 0 aliphatic carbocycles. The number of ether oxygens (including phenoxy) is 1. The number of ketones is 1. The molecule has 0 amide bonds. The van der Waals surface area contributed by atoms with Gasteiger partial charge >= 0.3 is 0 Å². The molecule has 2 heterocycles. The van der Waals surface area contributed by atoms with E-state index in [1.165, 1.54) is 11.1 Å². The van der Waals surface area contributed by atoms with Gasteiger partial charge in [-0.1, -0.05) is 24.3 Å². The van der Waals surface area contributed by atoms with Gasteiger partial charge in [0.15, 0.2) is 5.78 Å². The third kappa shape index (κ3) is 4.81. The van der Waals surface area contributed by atoms with Crippen LogP contribution in [0.25, 0.3) is 10.9 Å². The molecule has 0 spiro atoms. The lowest BCUT2D eigenvalue weighted by Gasteiger charge is -2.26. The van der Waals surface area contributed by atoms with Crippen LogP contribution >= 0.6 is 11.8 Å². The molecule has 0 unspecified atom stereocenters. The summed E-state index contributed by atoms with van der Waals surface area (Å²) in [6, 6.07) is 10.3. The number of aromatic nitrogens is 2. The number of rotatable bonds is 6. The van der Waals surface area contributed by atoms with Crippen LogP contribution in [0.1, 0.15) is 45.4 Å². The summed E-state index contributed by atoms with van der Waals surface area (Å²) in [5.41, 5.74) is 6.41. The van der Waals surface area contributed by atoms with Crippen molar-refractivity contribution in [3.8, 4) is 0 Å². The van der Waals surface area contributed by atoms with Crippen LogP contribution in [-0.2, 0) is 17.0 Å². The highest BCUT2D eigenvalue weighted by molar-refractivity contribution is 7.98. The van der Waals surface area contributed by atoms with Crippen LogP contribution in [0.4, 0.5) is 0 Å². The first kappa shape index (κ1) is 21.9. The number of para-hydroxylation sites is 1. The molecule has 0 bridgehead atoms. The molecule has 5 nitrogen and oxygen atoms in total. The summed E-state index contributed by atoms with van der Waals surface area (Å²) in [5.74, 6) is 1.75. The fraction of sp³-hybridized carbons (Fsp3) is 0.400. The van der Waals surface area contributed by atoms with Gasteiger partial charge in [0.25, 0.3) is 0 Å². The second-order valence-electron chi connectivity index (χ2n) is 8.18. The monoisotopic (exact) mass is 435 g/mol. The maximum atomic E-state index is 12.2. The number of carbonyl (C=O) groups is 1. The summed E-state index contributed by atoms with van der Waals surface area (Å²) in [6.07, 6.45) is 0. The van der Waals surface area contributed by atoms with Crippen LogP contribution in [0.15, 0.2) is 35.4 Å². The highest BCUT2D eigenvalue weighted by Gasteiger charge is 2.17.